The molecule has 0 amide bonds. The van der Waals surface area contributed by atoms with E-state index in [4.69, 9.17) is 4.74 Å². The summed E-state index contributed by atoms with van der Waals surface area (Å²) in [4.78, 5) is 23.9. The number of hydrogen-bond donors (Lipinski definition) is 0. The van der Waals surface area contributed by atoms with Crippen molar-refractivity contribution >= 4 is 22.5 Å². The van der Waals surface area contributed by atoms with Crippen LogP contribution in [0.15, 0.2) is 29.1 Å². The molecule has 0 atom stereocenters. The molecule has 0 spiro atoms. The van der Waals surface area contributed by atoms with E-state index >= 15 is 0 Å². The van der Waals surface area contributed by atoms with Crippen molar-refractivity contribution in [2.24, 2.45) is 0 Å². The van der Waals surface area contributed by atoms with Crippen molar-refractivity contribution in [2.45, 2.75) is 13.5 Å². The van der Waals surface area contributed by atoms with Crippen molar-refractivity contribution in [3.05, 3.63) is 40.3 Å². The van der Waals surface area contributed by atoms with Crippen LogP contribution in [0.2, 0.25) is 0 Å². The fourth-order valence-electron chi connectivity index (χ4n) is 2.45. The summed E-state index contributed by atoms with van der Waals surface area (Å²) < 4.78 is 12.4. The highest BCUT2D eigenvalue weighted by molar-refractivity contribution is 5.84. The molecule has 0 radical (unpaired) electrons. The Morgan fingerprint density at radius 1 is 1.27 bits per heavy atom. The monoisotopic (exact) mass is 301 g/mol. The molecule has 0 N–H and O–H groups in total. The maximum Gasteiger partial charge on any atom is 0.351 e. The minimum absolute atomic E-state index is 0.214. The molecule has 2 heterocycles. The summed E-state index contributed by atoms with van der Waals surface area (Å²) in [5, 5.41) is 5.09. The van der Waals surface area contributed by atoms with Gasteiger partial charge in [-0.05, 0) is 36.8 Å². The Hall–Kier alpha value is -2.83. The Morgan fingerprint density at radius 2 is 2.05 bits per heavy atom. The second-order valence-corrected chi connectivity index (χ2v) is 4.93. The first-order chi connectivity index (χ1) is 10.5. The third-order valence-corrected chi connectivity index (χ3v) is 3.55. The third-order valence-electron chi connectivity index (χ3n) is 3.55. The number of carbonyl (C=O) groups excluding carboxylic acids is 1. The van der Waals surface area contributed by atoms with Crippen LogP contribution in [0.25, 0.3) is 16.6 Å². The molecule has 22 heavy (non-hydrogen) atoms. The maximum absolute atomic E-state index is 12.5. The van der Waals surface area contributed by atoms with Gasteiger partial charge in [0.2, 0.25) is 0 Å². The zero-order valence-corrected chi connectivity index (χ0v) is 12.5. The summed E-state index contributed by atoms with van der Waals surface area (Å²) >= 11 is 0. The summed E-state index contributed by atoms with van der Waals surface area (Å²) in [6.07, 6.45) is 0. The van der Waals surface area contributed by atoms with Crippen molar-refractivity contribution in [2.75, 3.05) is 14.2 Å². The smallest absolute Gasteiger partial charge is 0.351 e. The number of aromatic nitrogens is 3. The lowest BCUT2D eigenvalue weighted by Gasteiger charge is -2.05. The Labute approximate surface area is 125 Å². The first kappa shape index (κ1) is 14.1. The third kappa shape index (κ3) is 2.11. The summed E-state index contributed by atoms with van der Waals surface area (Å²) in [7, 11) is 2.86. The highest BCUT2D eigenvalue weighted by atomic mass is 16.5. The molecule has 2 aromatic heterocycles. The van der Waals surface area contributed by atoms with Gasteiger partial charge in [-0.2, -0.15) is 0 Å². The second-order valence-electron chi connectivity index (χ2n) is 4.93. The molecule has 0 unspecified atom stereocenters. The van der Waals surface area contributed by atoms with Crippen LogP contribution in [0.1, 0.15) is 5.56 Å². The molecule has 7 heteroatoms. The van der Waals surface area contributed by atoms with E-state index in [9.17, 15) is 9.59 Å². The van der Waals surface area contributed by atoms with E-state index in [2.05, 4.69) is 9.84 Å². The fraction of sp³-hybridized carbons (Fsp3) is 0.267. The zero-order chi connectivity index (χ0) is 15.9. The highest BCUT2D eigenvalue weighted by Gasteiger charge is 2.15. The van der Waals surface area contributed by atoms with E-state index in [0.29, 0.717) is 16.9 Å². The molecule has 114 valence electrons. The van der Waals surface area contributed by atoms with Crippen LogP contribution in [0, 0.1) is 6.92 Å². The lowest BCUT2D eigenvalue weighted by atomic mass is 10.1. The van der Waals surface area contributed by atoms with Crippen LogP contribution in [0.3, 0.4) is 0 Å². The number of methoxy groups -OCH3 is 2. The fourth-order valence-corrected chi connectivity index (χ4v) is 2.45. The normalized spacial score (nSPS) is 11.0. The maximum atomic E-state index is 12.5. The number of esters is 1. The summed E-state index contributed by atoms with van der Waals surface area (Å²) in [5.74, 6) is 0.190. The summed E-state index contributed by atoms with van der Waals surface area (Å²) in [5.41, 5.74) is 1.69. The van der Waals surface area contributed by atoms with Crippen LogP contribution < -0.4 is 10.4 Å². The van der Waals surface area contributed by atoms with Gasteiger partial charge in [0.05, 0.1) is 19.7 Å². The van der Waals surface area contributed by atoms with Gasteiger partial charge in [-0.15, -0.1) is 5.10 Å². The van der Waals surface area contributed by atoms with Gasteiger partial charge in [0.15, 0.2) is 5.65 Å². The minimum atomic E-state index is -0.519. The van der Waals surface area contributed by atoms with Gasteiger partial charge in [-0.3, -0.25) is 4.79 Å². The van der Waals surface area contributed by atoms with E-state index in [0.717, 1.165) is 15.6 Å². The number of pyridine rings is 1. The first-order valence-corrected chi connectivity index (χ1v) is 6.69. The van der Waals surface area contributed by atoms with Crippen molar-refractivity contribution in [3.8, 4) is 5.75 Å². The molecule has 0 fully saturated rings. The lowest BCUT2D eigenvalue weighted by Crippen LogP contribution is -2.25. The van der Waals surface area contributed by atoms with Gasteiger partial charge in [0.25, 0.3) is 0 Å². The average Bonchev–Trinajstić information content (AvgIpc) is 2.84. The summed E-state index contributed by atoms with van der Waals surface area (Å²) in [6.45, 7) is 1.65. The Bertz CT molecular complexity index is 939. The number of fused-ring (bicyclic) bond motifs is 3. The van der Waals surface area contributed by atoms with E-state index in [1.165, 1.54) is 11.5 Å². The number of aryl methyl sites for hydroxylation is 1. The summed E-state index contributed by atoms with van der Waals surface area (Å²) in [6, 6.07) is 7.36. The number of ether oxygens (including phenoxy) is 2. The Kier molecular flexibility index (Phi) is 3.32. The largest absolute Gasteiger partial charge is 0.497 e. The van der Waals surface area contributed by atoms with Gasteiger partial charge in [0.1, 0.15) is 12.3 Å². The standard InChI is InChI=1S/C15H15N3O4/c1-9-6-10-7-11(21-2)4-5-12(10)18-14(9)16-17(15(18)20)8-13(19)22-3/h4-7H,8H2,1-3H3. The Morgan fingerprint density at radius 3 is 2.73 bits per heavy atom. The SMILES string of the molecule is COC(=O)Cn1nc2c(C)cc3cc(OC)ccc3n2c1=O. The highest BCUT2D eigenvalue weighted by Crippen LogP contribution is 2.23. The molecule has 0 aliphatic rings. The van der Waals surface area contributed by atoms with Gasteiger partial charge >= 0.3 is 11.7 Å². The molecule has 0 bridgehead atoms. The number of benzene rings is 1. The van der Waals surface area contributed by atoms with Gasteiger partial charge in [0, 0.05) is 5.39 Å². The van der Waals surface area contributed by atoms with Gasteiger partial charge in [-0.25, -0.2) is 13.9 Å². The number of carbonyl (C=O) groups is 1. The van der Waals surface area contributed by atoms with Gasteiger partial charge < -0.3 is 9.47 Å². The van der Waals surface area contributed by atoms with E-state index in [1.54, 1.807) is 19.2 Å². The molecule has 0 saturated heterocycles. The molecule has 7 nitrogen and oxygen atoms in total. The van der Waals surface area contributed by atoms with Crippen molar-refractivity contribution in [1.29, 1.82) is 0 Å². The second kappa shape index (κ2) is 5.18. The van der Waals surface area contributed by atoms with Crippen molar-refractivity contribution < 1.29 is 14.3 Å². The molecule has 3 aromatic rings. The molecule has 0 aliphatic heterocycles. The minimum Gasteiger partial charge on any atom is -0.497 e. The van der Waals surface area contributed by atoms with Gasteiger partial charge in [-0.1, -0.05) is 0 Å². The number of nitrogens with zero attached hydrogens (tertiary/aromatic N) is 3. The molecule has 3 rings (SSSR count). The molecular formula is C15H15N3O4. The van der Waals surface area contributed by atoms with Crippen LogP contribution >= 0.6 is 0 Å². The van der Waals surface area contributed by atoms with Crippen molar-refractivity contribution in [1.82, 2.24) is 14.2 Å². The van der Waals surface area contributed by atoms with E-state index in [-0.39, 0.29) is 12.2 Å². The number of hydrogen-bond acceptors (Lipinski definition) is 5. The quantitative estimate of drug-likeness (QED) is 0.678. The average molecular weight is 301 g/mol. The molecule has 0 saturated carbocycles. The Balaban J connectivity index is 2.32. The number of rotatable bonds is 3. The van der Waals surface area contributed by atoms with E-state index in [1.807, 2.05) is 19.1 Å². The van der Waals surface area contributed by atoms with Crippen LogP contribution in [-0.4, -0.2) is 34.4 Å². The van der Waals surface area contributed by atoms with Crippen LogP contribution in [0.4, 0.5) is 0 Å². The predicted octanol–water partition coefficient (Wildman–Crippen LogP) is 1.14. The van der Waals surface area contributed by atoms with Crippen LogP contribution in [-0.2, 0) is 16.1 Å². The molecule has 0 aliphatic carbocycles. The lowest BCUT2D eigenvalue weighted by molar-refractivity contribution is -0.141. The van der Waals surface area contributed by atoms with E-state index < -0.39 is 5.97 Å². The van der Waals surface area contributed by atoms with Crippen molar-refractivity contribution in [3.63, 3.8) is 0 Å². The molecule has 1 aromatic carbocycles. The van der Waals surface area contributed by atoms with Crippen LogP contribution in [0.5, 0.6) is 5.75 Å². The first-order valence-electron chi connectivity index (χ1n) is 6.69. The predicted molar refractivity (Wildman–Crippen MR) is 80.3 cm³/mol. The zero-order valence-electron chi connectivity index (χ0n) is 12.5. The topological polar surface area (TPSA) is 74.8 Å². The molecular weight excluding hydrogens is 286 g/mol.